The maximum atomic E-state index is 12.6. The fourth-order valence-corrected chi connectivity index (χ4v) is 2.55. The van der Waals surface area contributed by atoms with Crippen molar-refractivity contribution in [2.75, 3.05) is 17.3 Å². The maximum absolute atomic E-state index is 12.6. The Labute approximate surface area is 148 Å². The highest BCUT2D eigenvalue weighted by Gasteiger charge is 2.15. The highest BCUT2D eigenvalue weighted by atomic mass is 79.9. The van der Waals surface area contributed by atoms with Gasteiger partial charge in [-0.3, -0.25) is 4.79 Å². The van der Waals surface area contributed by atoms with Crippen molar-refractivity contribution in [1.29, 1.82) is 0 Å². The van der Waals surface area contributed by atoms with Crippen LogP contribution in [0.25, 0.3) is 0 Å². The molecule has 6 heteroatoms. The largest absolute Gasteiger partial charge is 0.323 e. The molecular formula is C18H15BrN4O. The van der Waals surface area contributed by atoms with Crippen molar-refractivity contribution < 1.29 is 4.79 Å². The van der Waals surface area contributed by atoms with Gasteiger partial charge in [-0.1, -0.05) is 30.3 Å². The van der Waals surface area contributed by atoms with Gasteiger partial charge < -0.3 is 10.2 Å². The first-order valence-corrected chi connectivity index (χ1v) is 8.12. The number of para-hydroxylation sites is 2. The van der Waals surface area contributed by atoms with Crippen LogP contribution in [0.5, 0.6) is 0 Å². The van der Waals surface area contributed by atoms with E-state index in [1.54, 1.807) is 24.2 Å². The summed E-state index contributed by atoms with van der Waals surface area (Å²) in [5.41, 5.74) is 1.96. The summed E-state index contributed by atoms with van der Waals surface area (Å²) in [6.45, 7) is 0. The molecule has 0 aliphatic carbocycles. The Morgan fingerprint density at radius 3 is 2.50 bits per heavy atom. The number of halogens is 1. The van der Waals surface area contributed by atoms with E-state index in [0.717, 1.165) is 15.8 Å². The molecule has 3 aromatic rings. The number of carbonyl (C=O) groups excluding carboxylic acids is 1. The lowest BCUT2D eigenvalue weighted by Gasteiger charge is -2.17. The summed E-state index contributed by atoms with van der Waals surface area (Å²) < 4.78 is 0.895. The topological polar surface area (TPSA) is 58.1 Å². The van der Waals surface area contributed by atoms with Gasteiger partial charge in [0.1, 0.15) is 5.69 Å². The molecule has 0 spiro atoms. The average molecular weight is 383 g/mol. The molecule has 0 saturated carbocycles. The molecule has 24 heavy (non-hydrogen) atoms. The molecule has 3 rings (SSSR count). The highest BCUT2D eigenvalue weighted by Crippen LogP contribution is 2.23. The Kier molecular flexibility index (Phi) is 4.86. The van der Waals surface area contributed by atoms with Crippen LogP contribution in [0, 0.1) is 0 Å². The second-order valence-electron chi connectivity index (χ2n) is 5.07. The molecule has 1 heterocycles. The molecule has 0 aliphatic heterocycles. The van der Waals surface area contributed by atoms with Crippen molar-refractivity contribution in [1.82, 2.24) is 9.97 Å². The number of aromatic nitrogens is 2. The third kappa shape index (κ3) is 3.60. The van der Waals surface area contributed by atoms with E-state index in [1.807, 2.05) is 54.6 Å². The summed E-state index contributed by atoms with van der Waals surface area (Å²) in [6, 6.07) is 18.7. The van der Waals surface area contributed by atoms with Gasteiger partial charge in [0.15, 0.2) is 0 Å². The molecule has 0 radical (unpaired) electrons. The number of benzene rings is 2. The zero-order valence-corrected chi connectivity index (χ0v) is 14.6. The van der Waals surface area contributed by atoms with Crippen molar-refractivity contribution in [3.05, 3.63) is 77.0 Å². The van der Waals surface area contributed by atoms with E-state index < -0.39 is 0 Å². The van der Waals surface area contributed by atoms with Crippen LogP contribution in [-0.2, 0) is 0 Å². The first-order chi connectivity index (χ1) is 11.6. The van der Waals surface area contributed by atoms with E-state index in [0.29, 0.717) is 11.6 Å². The normalized spacial score (nSPS) is 10.2. The van der Waals surface area contributed by atoms with Crippen molar-refractivity contribution in [3.63, 3.8) is 0 Å². The number of carbonyl (C=O) groups is 1. The molecular weight excluding hydrogens is 368 g/mol. The molecule has 0 fully saturated rings. The lowest BCUT2D eigenvalue weighted by atomic mass is 10.2. The molecule has 1 amide bonds. The van der Waals surface area contributed by atoms with E-state index in [1.165, 1.54) is 0 Å². The van der Waals surface area contributed by atoms with Crippen LogP contribution in [0.3, 0.4) is 0 Å². The zero-order chi connectivity index (χ0) is 16.9. The summed E-state index contributed by atoms with van der Waals surface area (Å²) in [7, 11) is 1.72. The van der Waals surface area contributed by atoms with Crippen LogP contribution in [0.2, 0.25) is 0 Å². The molecule has 5 nitrogen and oxygen atoms in total. The number of amides is 1. The second-order valence-corrected chi connectivity index (χ2v) is 5.92. The summed E-state index contributed by atoms with van der Waals surface area (Å²) in [6.07, 6.45) is 1.57. The number of hydrogen-bond donors (Lipinski definition) is 1. The second kappa shape index (κ2) is 7.23. The van der Waals surface area contributed by atoms with Gasteiger partial charge in [-0.25, -0.2) is 9.97 Å². The lowest BCUT2D eigenvalue weighted by molar-refractivity contribution is 0.0988. The number of nitrogens with one attached hydrogen (secondary N) is 1. The van der Waals surface area contributed by atoms with Crippen LogP contribution in [0.1, 0.15) is 10.5 Å². The van der Waals surface area contributed by atoms with Crippen molar-refractivity contribution in [3.8, 4) is 0 Å². The van der Waals surface area contributed by atoms with Crippen molar-refractivity contribution in [2.45, 2.75) is 0 Å². The monoisotopic (exact) mass is 382 g/mol. The van der Waals surface area contributed by atoms with Crippen LogP contribution >= 0.6 is 15.9 Å². The molecule has 0 aliphatic rings. The number of rotatable bonds is 4. The number of hydrogen-bond acceptors (Lipinski definition) is 4. The lowest BCUT2D eigenvalue weighted by Crippen LogP contribution is -2.27. The van der Waals surface area contributed by atoms with Gasteiger partial charge in [-0.15, -0.1) is 0 Å². The maximum Gasteiger partial charge on any atom is 0.276 e. The molecule has 0 bridgehead atoms. The van der Waals surface area contributed by atoms with Gasteiger partial charge in [-0.05, 0) is 46.3 Å². The minimum absolute atomic E-state index is 0.196. The van der Waals surface area contributed by atoms with Crippen LogP contribution in [-0.4, -0.2) is 22.9 Å². The van der Waals surface area contributed by atoms with Gasteiger partial charge in [0, 0.05) is 23.4 Å². The van der Waals surface area contributed by atoms with Crippen LogP contribution in [0.4, 0.5) is 17.3 Å². The summed E-state index contributed by atoms with van der Waals surface area (Å²) in [4.78, 5) is 22.7. The smallest absolute Gasteiger partial charge is 0.276 e. The predicted octanol–water partition coefficient (Wildman–Crippen LogP) is 4.26. The minimum atomic E-state index is -0.196. The quantitative estimate of drug-likeness (QED) is 0.732. The molecule has 2 aromatic carbocycles. The SMILES string of the molecule is CN(C(=O)c1ccnc(Nc2ccccc2Br)n1)c1ccccc1. The standard InChI is InChI=1S/C18H15BrN4O/c1-23(13-7-3-2-4-8-13)17(24)16-11-12-20-18(22-16)21-15-10-6-5-9-14(15)19/h2-12H,1H3,(H,20,21,22). The molecule has 120 valence electrons. The van der Waals surface area contributed by atoms with Gasteiger partial charge in [-0.2, -0.15) is 0 Å². The minimum Gasteiger partial charge on any atom is -0.323 e. The Balaban J connectivity index is 1.82. The predicted molar refractivity (Wildman–Crippen MR) is 98.6 cm³/mol. The van der Waals surface area contributed by atoms with Crippen LogP contribution in [0.15, 0.2) is 71.3 Å². The molecule has 0 unspecified atom stereocenters. The average Bonchev–Trinajstić information content (AvgIpc) is 2.63. The highest BCUT2D eigenvalue weighted by molar-refractivity contribution is 9.10. The fraction of sp³-hybridized carbons (Fsp3) is 0.0556. The Hall–Kier alpha value is -2.73. The van der Waals surface area contributed by atoms with E-state index in [-0.39, 0.29) is 5.91 Å². The first-order valence-electron chi connectivity index (χ1n) is 7.33. The van der Waals surface area contributed by atoms with E-state index in [9.17, 15) is 4.79 Å². The number of anilines is 3. The van der Waals surface area contributed by atoms with Gasteiger partial charge in [0.25, 0.3) is 5.91 Å². The summed E-state index contributed by atoms with van der Waals surface area (Å²) in [5, 5.41) is 3.11. The van der Waals surface area contributed by atoms with Gasteiger partial charge in [0.05, 0.1) is 5.69 Å². The van der Waals surface area contributed by atoms with E-state index >= 15 is 0 Å². The third-order valence-electron chi connectivity index (χ3n) is 3.44. The molecule has 0 atom stereocenters. The van der Waals surface area contributed by atoms with Gasteiger partial charge >= 0.3 is 0 Å². The Morgan fingerprint density at radius 2 is 1.75 bits per heavy atom. The number of nitrogens with zero attached hydrogens (tertiary/aromatic N) is 3. The Bertz CT molecular complexity index is 854. The van der Waals surface area contributed by atoms with E-state index in [2.05, 4.69) is 31.2 Å². The fourth-order valence-electron chi connectivity index (χ4n) is 2.16. The van der Waals surface area contributed by atoms with Crippen LogP contribution < -0.4 is 10.2 Å². The van der Waals surface area contributed by atoms with E-state index in [4.69, 9.17) is 0 Å². The van der Waals surface area contributed by atoms with Crippen molar-refractivity contribution in [2.24, 2.45) is 0 Å². The van der Waals surface area contributed by atoms with Gasteiger partial charge in [0.2, 0.25) is 5.95 Å². The zero-order valence-electron chi connectivity index (χ0n) is 13.0. The molecule has 0 saturated heterocycles. The molecule has 1 N–H and O–H groups in total. The molecule has 1 aromatic heterocycles. The summed E-state index contributed by atoms with van der Waals surface area (Å²) in [5.74, 6) is 0.174. The third-order valence-corrected chi connectivity index (χ3v) is 4.13. The van der Waals surface area contributed by atoms with Crippen molar-refractivity contribution >= 4 is 39.2 Å². The Morgan fingerprint density at radius 1 is 1.04 bits per heavy atom. The first kappa shape index (κ1) is 16.1. The summed E-state index contributed by atoms with van der Waals surface area (Å²) >= 11 is 3.46.